The lowest BCUT2D eigenvalue weighted by atomic mass is 10.3. The minimum atomic E-state index is -4.51. The first-order valence-corrected chi connectivity index (χ1v) is 3.86. The zero-order valence-corrected chi connectivity index (χ0v) is 7.21. The molecule has 7 heteroatoms. The number of hydrogen-bond donors (Lipinski definition) is 1. The topological polar surface area (TPSA) is 65.2 Å². The molecule has 0 fully saturated rings. The van der Waals surface area contributed by atoms with Crippen molar-refractivity contribution < 1.29 is 22.1 Å². The van der Waals surface area contributed by atoms with Crippen LogP contribution in [0, 0.1) is 0 Å². The molecule has 0 spiro atoms. The molecule has 0 aliphatic heterocycles. The summed E-state index contributed by atoms with van der Waals surface area (Å²) in [6, 6.07) is 3.23. The van der Waals surface area contributed by atoms with Crippen LogP contribution in [0.5, 0.6) is 0 Å². The maximum Gasteiger partial charge on any atom is 0.449 e. The monoisotopic (exact) mass is 218 g/mol. The van der Waals surface area contributed by atoms with Crippen LogP contribution in [0.2, 0.25) is 0 Å². The summed E-state index contributed by atoms with van der Waals surface area (Å²) in [6.07, 6.45) is -4.51. The van der Waals surface area contributed by atoms with Crippen LogP contribution in [-0.4, -0.2) is 5.16 Å². The van der Waals surface area contributed by atoms with E-state index >= 15 is 0 Å². The lowest BCUT2D eigenvalue weighted by Gasteiger charge is -1.99. The van der Waals surface area contributed by atoms with E-state index in [4.69, 9.17) is 5.73 Å². The molecule has 2 heterocycles. The van der Waals surface area contributed by atoms with Gasteiger partial charge in [0.25, 0.3) is 0 Å². The molecule has 2 N–H and O–H groups in total. The van der Waals surface area contributed by atoms with Crippen molar-refractivity contribution in [3.8, 4) is 11.5 Å². The predicted octanol–water partition coefficient (Wildman–Crippen LogP) is 2.54. The Morgan fingerprint density at radius 1 is 1.20 bits per heavy atom. The Balaban J connectivity index is 2.36. The van der Waals surface area contributed by atoms with Crippen LogP contribution >= 0.6 is 0 Å². The fourth-order valence-corrected chi connectivity index (χ4v) is 1.03. The van der Waals surface area contributed by atoms with Crippen molar-refractivity contribution in [2.75, 3.05) is 5.73 Å². The molecule has 0 radical (unpaired) electrons. The van der Waals surface area contributed by atoms with E-state index in [9.17, 15) is 13.2 Å². The molecule has 2 aromatic rings. The average Bonchev–Trinajstić information content (AvgIpc) is 2.69. The van der Waals surface area contributed by atoms with Crippen molar-refractivity contribution in [2.24, 2.45) is 0 Å². The van der Waals surface area contributed by atoms with E-state index in [2.05, 4.69) is 14.1 Å². The summed E-state index contributed by atoms with van der Waals surface area (Å²) in [7, 11) is 0. The molecule has 0 saturated heterocycles. The lowest BCUT2D eigenvalue weighted by Crippen LogP contribution is -2.01. The van der Waals surface area contributed by atoms with E-state index in [0.29, 0.717) is 0 Å². The summed E-state index contributed by atoms with van der Waals surface area (Å²) in [4.78, 5) is 0. The number of furan rings is 1. The number of nitrogens with zero attached hydrogens (tertiary/aromatic N) is 1. The quantitative estimate of drug-likeness (QED) is 0.798. The highest BCUT2D eigenvalue weighted by Gasteiger charge is 2.35. The first kappa shape index (κ1) is 9.63. The number of halogens is 3. The lowest BCUT2D eigenvalue weighted by molar-refractivity contribution is -0.152. The molecule has 80 valence electrons. The summed E-state index contributed by atoms with van der Waals surface area (Å²) in [5.74, 6) is -1.02. The Kier molecular flexibility index (Phi) is 1.95. The third kappa shape index (κ3) is 1.80. The minimum Gasteiger partial charge on any atom is -0.448 e. The van der Waals surface area contributed by atoms with Crippen LogP contribution in [0.1, 0.15) is 5.76 Å². The predicted molar refractivity (Wildman–Crippen MR) is 43.6 cm³/mol. The average molecular weight is 218 g/mol. The highest BCUT2D eigenvalue weighted by Crippen LogP contribution is 2.33. The standard InChI is InChI=1S/C8H5F3N2O2/c9-8(10,11)6-2-1-4(14-6)5-3-7(12)13-15-5/h1-3H,(H2,12,13). The second-order valence-electron chi connectivity index (χ2n) is 2.78. The van der Waals surface area contributed by atoms with E-state index in [1.165, 1.54) is 6.07 Å². The molecule has 15 heavy (non-hydrogen) atoms. The van der Waals surface area contributed by atoms with Gasteiger partial charge in [0, 0.05) is 6.07 Å². The van der Waals surface area contributed by atoms with Gasteiger partial charge in [-0.25, -0.2) is 0 Å². The van der Waals surface area contributed by atoms with Gasteiger partial charge in [-0.3, -0.25) is 0 Å². The van der Waals surface area contributed by atoms with Gasteiger partial charge in [0.05, 0.1) is 0 Å². The molecule has 0 atom stereocenters. The van der Waals surface area contributed by atoms with Crippen molar-refractivity contribution in [1.29, 1.82) is 0 Å². The van der Waals surface area contributed by atoms with E-state index in [1.807, 2.05) is 0 Å². The number of nitrogens with two attached hydrogens (primary N) is 1. The molecule has 4 nitrogen and oxygen atoms in total. The maximum absolute atomic E-state index is 12.2. The molecule has 0 saturated carbocycles. The molecule has 0 bridgehead atoms. The van der Waals surface area contributed by atoms with Crippen LogP contribution < -0.4 is 5.73 Å². The minimum absolute atomic E-state index is 0.0583. The third-order valence-electron chi connectivity index (χ3n) is 1.66. The number of rotatable bonds is 1. The molecule has 0 aliphatic carbocycles. The number of nitrogen functional groups attached to an aromatic ring is 1. The second-order valence-corrected chi connectivity index (χ2v) is 2.78. The SMILES string of the molecule is Nc1cc(-c2ccc(C(F)(F)F)o2)on1. The van der Waals surface area contributed by atoms with Crippen molar-refractivity contribution in [3.63, 3.8) is 0 Å². The number of aromatic nitrogens is 1. The van der Waals surface area contributed by atoms with Gasteiger partial charge in [-0.2, -0.15) is 13.2 Å². The maximum atomic E-state index is 12.2. The van der Waals surface area contributed by atoms with Crippen LogP contribution in [0.25, 0.3) is 11.5 Å². The summed E-state index contributed by atoms with van der Waals surface area (Å²) in [5.41, 5.74) is 5.24. The van der Waals surface area contributed by atoms with Gasteiger partial charge in [0.1, 0.15) is 0 Å². The molecule has 0 unspecified atom stereocenters. The highest BCUT2D eigenvalue weighted by molar-refractivity contribution is 5.53. The first-order valence-electron chi connectivity index (χ1n) is 3.86. The van der Waals surface area contributed by atoms with Crippen molar-refractivity contribution >= 4 is 5.82 Å². The molecular formula is C8H5F3N2O2. The smallest absolute Gasteiger partial charge is 0.448 e. The zero-order chi connectivity index (χ0) is 11.1. The van der Waals surface area contributed by atoms with Crippen LogP contribution in [0.15, 0.2) is 27.1 Å². The molecule has 0 amide bonds. The van der Waals surface area contributed by atoms with Gasteiger partial charge in [-0.05, 0) is 12.1 Å². The van der Waals surface area contributed by atoms with Crippen LogP contribution in [-0.2, 0) is 6.18 Å². The zero-order valence-electron chi connectivity index (χ0n) is 7.21. The summed E-state index contributed by atoms with van der Waals surface area (Å²) in [6.45, 7) is 0. The Morgan fingerprint density at radius 2 is 1.93 bits per heavy atom. The number of anilines is 1. The normalized spacial score (nSPS) is 11.9. The van der Waals surface area contributed by atoms with Gasteiger partial charge in [0.2, 0.25) is 11.5 Å². The molecule has 2 aromatic heterocycles. The molecule has 2 rings (SSSR count). The largest absolute Gasteiger partial charge is 0.449 e. The van der Waals surface area contributed by atoms with Gasteiger partial charge < -0.3 is 14.7 Å². The van der Waals surface area contributed by atoms with Crippen LogP contribution in [0.4, 0.5) is 19.0 Å². The molecular weight excluding hydrogens is 213 g/mol. The number of alkyl halides is 3. The fraction of sp³-hybridized carbons (Fsp3) is 0.125. The fourth-order valence-electron chi connectivity index (χ4n) is 1.03. The van der Waals surface area contributed by atoms with Crippen molar-refractivity contribution in [1.82, 2.24) is 5.16 Å². The number of hydrogen-bond acceptors (Lipinski definition) is 4. The van der Waals surface area contributed by atoms with Crippen LogP contribution in [0.3, 0.4) is 0 Å². The van der Waals surface area contributed by atoms with Crippen molar-refractivity contribution in [2.45, 2.75) is 6.18 Å². The molecule has 0 aliphatic rings. The summed E-state index contributed by atoms with van der Waals surface area (Å²) >= 11 is 0. The Morgan fingerprint density at radius 3 is 2.40 bits per heavy atom. The third-order valence-corrected chi connectivity index (χ3v) is 1.66. The Bertz CT molecular complexity index is 472. The van der Waals surface area contributed by atoms with E-state index in [0.717, 1.165) is 12.1 Å². The second kappa shape index (κ2) is 3.04. The Labute approximate surface area is 81.4 Å². The van der Waals surface area contributed by atoms with E-state index in [1.54, 1.807) is 0 Å². The van der Waals surface area contributed by atoms with Crippen molar-refractivity contribution in [3.05, 3.63) is 24.0 Å². The highest BCUT2D eigenvalue weighted by atomic mass is 19.4. The summed E-state index contributed by atoms with van der Waals surface area (Å²) in [5, 5.41) is 3.33. The van der Waals surface area contributed by atoms with Gasteiger partial charge in [-0.15, -0.1) is 0 Å². The Hall–Kier alpha value is -1.92. The summed E-state index contributed by atoms with van der Waals surface area (Å²) < 4.78 is 45.6. The van der Waals surface area contributed by atoms with E-state index in [-0.39, 0.29) is 17.3 Å². The van der Waals surface area contributed by atoms with Gasteiger partial charge >= 0.3 is 6.18 Å². The van der Waals surface area contributed by atoms with Gasteiger partial charge in [0.15, 0.2) is 11.6 Å². The first-order chi connectivity index (χ1) is 6.97. The van der Waals surface area contributed by atoms with Gasteiger partial charge in [-0.1, -0.05) is 5.16 Å². The molecule has 0 aromatic carbocycles. The van der Waals surface area contributed by atoms with E-state index < -0.39 is 11.9 Å².